The topological polar surface area (TPSA) is 62.8 Å². The first-order valence-corrected chi connectivity index (χ1v) is 3.15. The molecule has 0 spiro atoms. The molecule has 3 N–H and O–H groups in total. The average Bonchev–Trinajstić information content (AvgIpc) is 2.36. The molecule has 2 atom stereocenters. The summed E-state index contributed by atoms with van der Waals surface area (Å²) in [5, 5.41) is 3.05. The molecule has 0 amide bonds. The zero-order chi connectivity index (χ0) is 6.97. The molecule has 0 aromatic carbocycles. The number of rotatable bonds is 0. The highest BCUT2D eigenvalue weighted by Gasteiger charge is 2.26. The number of nitrogens with zero attached hydrogens (tertiary/aromatic N) is 2. The van der Waals surface area contributed by atoms with Gasteiger partial charge in [0.15, 0.2) is 0 Å². The van der Waals surface area contributed by atoms with Crippen LogP contribution < -0.4 is 11.1 Å². The molecule has 4 heteroatoms. The molecule has 2 heterocycles. The van der Waals surface area contributed by atoms with E-state index in [4.69, 9.17) is 5.73 Å². The van der Waals surface area contributed by atoms with Crippen molar-refractivity contribution >= 4 is 12.2 Å². The number of aliphatic imine (C=N–C) groups is 2. The fourth-order valence-corrected chi connectivity index (χ4v) is 1.11. The second-order valence-electron chi connectivity index (χ2n) is 2.31. The highest BCUT2D eigenvalue weighted by Crippen LogP contribution is 2.09. The van der Waals surface area contributed by atoms with Crippen molar-refractivity contribution < 1.29 is 0 Å². The molecule has 52 valence electrons. The number of amidine groups is 1. The zero-order valence-corrected chi connectivity index (χ0v) is 5.36. The summed E-state index contributed by atoms with van der Waals surface area (Å²) in [4.78, 5) is 8.03. The van der Waals surface area contributed by atoms with Crippen LogP contribution in [0, 0.1) is 0 Å². The first kappa shape index (κ1) is 5.46. The smallest absolute Gasteiger partial charge is 0.132 e. The van der Waals surface area contributed by atoms with Gasteiger partial charge in [-0.2, -0.15) is 0 Å². The predicted octanol–water partition coefficient (Wildman–Crippen LogP) is -0.760. The Balaban J connectivity index is 2.30. The largest absolute Gasteiger partial charge is 0.385 e. The maximum absolute atomic E-state index is 5.56. The lowest BCUT2D eigenvalue weighted by Gasteiger charge is -2.16. The van der Waals surface area contributed by atoms with Gasteiger partial charge in [0.1, 0.15) is 11.9 Å². The molecule has 0 aromatic heterocycles. The number of hydrogen-bond acceptors (Lipinski definition) is 4. The minimum Gasteiger partial charge on any atom is -0.385 e. The summed E-state index contributed by atoms with van der Waals surface area (Å²) in [5.41, 5.74) is 5.56. The van der Waals surface area contributed by atoms with Gasteiger partial charge in [0.2, 0.25) is 0 Å². The fourth-order valence-electron chi connectivity index (χ4n) is 1.11. The van der Waals surface area contributed by atoms with E-state index in [2.05, 4.69) is 15.3 Å². The summed E-state index contributed by atoms with van der Waals surface area (Å²) in [5.74, 6) is 0.591. The standard InChI is InChI=1S/C6H8N4/c7-6-5-4(1-2-8-6)9-3-10-5/h1-5H,(H2,7,8)(H,9,10)/t4-,5+/m1/s1. The summed E-state index contributed by atoms with van der Waals surface area (Å²) in [6, 6.07) is 0.266. The highest BCUT2D eigenvalue weighted by atomic mass is 15.1. The molecule has 0 unspecified atom stereocenters. The minimum atomic E-state index is 0.0324. The van der Waals surface area contributed by atoms with Crippen LogP contribution in [0.2, 0.25) is 0 Å². The second-order valence-corrected chi connectivity index (χ2v) is 2.31. The molecular weight excluding hydrogens is 128 g/mol. The summed E-state index contributed by atoms with van der Waals surface area (Å²) in [6.07, 6.45) is 5.33. The summed E-state index contributed by atoms with van der Waals surface area (Å²) in [7, 11) is 0. The molecule has 0 aliphatic carbocycles. The van der Waals surface area contributed by atoms with Crippen LogP contribution in [0.3, 0.4) is 0 Å². The third-order valence-electron chi connectivity index (χ3n) is 1.66. The van der Waals surface area contributed by atoms with E-state index in [-0.39, 0.29) is 12.1 Å². The van der Waals surface area contributed by atoms with Gasteiger partial charge in [-0.15, -0.1) is 0 Å². The van der Waals surface area contributed by atoms with Gasteiger partial charge in [-0.25, -0.2) is 4.99 Å². The number of nitrogens with two attached hydrogens (primary N) is 1. The molecule has 10 heavy (non-hydrogen) atoms. The average molecular weight is 136 g/mol. The van der Waals surface area contributed by atoms with Crippen LogP contribution in [0.25, 0.3) is 0 Å². The Bertz CT molecular complexity index is 228. The first-order chi connectivity index (χ1) is 4.88. The lowest BCUT2D eigenvalue weighted by atomic mass is 10.1. The number of nitrogens with one attached hydrogen (secondary N) is 1. The molecular formula is C6H8N4. The Labute approximate surface area is 58.5 Å². The van der Waals surface area contributed by atoms with Crippen molar-refractivity contribution in [1.82, 2.24) is 5.32 Å². The van der Waals surface area contributed by atoms with E-state index >= 15 is 0 Å². The SMILES string of the molecule is NC1=NC=C[C@H]2NC=N[C@H]12. The minimum absolute atomic E-state index is 0.0324. The van der Waals surface area contributed by atoms with Crippen molar-refractivity contribution in [2.75, 3.05) is 0 Å². The van der Waals surface area contributed by atoms with Crippen molar-refractivity contribution in [3.8, 4) is 0 Å². The van der Waals surface area contributed by atoms with Gasteiger partial charge >= 0.3 is 0 Å². The normalized spacial score (nSPS) is 35.0. The predicted molar refractivity (Wildman–Crippen MR) is 40.0 cm³/mol. The van der Waals surface area contributed by atoms with Crippen LogP contribution in [0.4, 0.5) is 0 Å². The van der Waals surface area contributed by atoms with E-state index in [0.29, 0.717) is 5.84 Å². The second kappa shape index (κ2) is 1.83. The van der Waals surface area contributed by atoms with Crippen molar-refractivity contribution in [1.29, 1.82) is 0 Å². The van der Waals surface area contributed by atoms with Crippen molar-refractivity contribution in [3.63, 3.8) is 0 Å². The molecule has 0 saturated carbocycles. The van der Waals surface area contributed by atoms with Crippen molar-refractivity contribution in [3.05, 3.63) is 12.3 Å². The Morgan fingerprint density at radius 3 is 3.30 bits per heavy atom. The van der Waals surface area contributed by atoms with E-state index in [0.717, 1.165) is 0 Å². The maximum Gasteiger partial charge on any atom is 0.132 e. The lowest BCUT2D eigenvalue weighted by molar-refractivity contribution is 0.714. The maximum atomic E-state index is 5.56. The highest BCUT2D eigenvalue weighted by molar-refractivity contribution is 5.91. The molecule has 2 rings (SSSR count). The van der Waals surface area contributed by atoms with Gasteiger partial charge in [-0.3, -0.25) is 4.99 Å². The Morgan fingerprint density at radius 2 is 2.50 bits per heavy atom. The monoisotopic (exact) mass is 136 g/mol. The van der Waals surface area contributed by atoms with E-state index in [9.17, 15) is 0 Å². The fraction of sp³-hybridized carbons (Fsp3) is 0.333. The molecule has 0 saturated heterocycles. The van der Waals surface area contributed by atoms with Crippen molar-refractivity contribution in [2.24, 2.45) is 15.7 Å². The van der Waals surface area contributed by atoms with Crippen LogP contribution in [0.1, 0.15) is 0 Å². The van der Waals surface area contributed by atoms with E-state index in [1.54, 1.807) is 12.5 Å². The lowest BCUT2D eigenvalue weighted by Crippen LogP contribution is -2.40. The number of hydrogen-bond donors (Lipinski definition) is 2. The third kappa shape index (κ3) is 0.618. The van der Waals surface area contributed by atoms with Gasteiger partial charge < -0.3 is 11.1 Å². The van der Waals surface area contributed by atoms with Crippen molar-refractivity contribution in [2.45, 2.75) is 12.1 Å². The molecule has 2 aliphatic rings. The van der Waals surface area contributed by atoms with E-state index in [1.165, 1.54) is 0 Å². The summed E-state index contributed by atoms with van der Waals surface area (Å²) >= 11 is 0. The molecule has 0 radical (unpaired) electrons. The Morgan fingerprint density at radius 1 is 1.60 bits per heavy atom. The van der Waals surface area contributed by atoms with Gasteiger partial charge in [-0.1, -0.05) is 0 Å². The zero-order valence-electron chi connectivity index (χ0n) is 5.36. The van der Waals surface area contributed by atoms with E-state index in [1.807, 2.05) is 6.08 Å². The molecule has 0 fully saturated rings. The van der Waals surface area contributed by atoms with Gasteiger partial charge in [0.05, 0.1) is 12.4 Å². The van der Waals surface area contributed by atoms with Gasteiger partial charge in [-0.05, 0) is 6.08 Å². The Kier molecular flexibility index (Phi) is 1.00. The first-order valence-electron chi connectivity index (χ1n) is 3.15. The van der Waals surface area contributed by atoms with Crippen LogP contribution >= 0.6 is 0 Å². The van der Waals surface area contributed by atoms with Crippen LogP contribution in [0.5, 0.6) is 0 Å². The Hall–Kier alpha value is -1.32. The molecule has 2 aliphatic heterocycles. The quantitative estimate of drug-likeness (QED) is 0.459. The van der Waals surface area contributed by atoms with Crippen LogP contribution in [0.15, 0.2) is 22.3 Å². The molecule has 0 bridgehead atoms. The summed E-state index contributed by atoms with van der Waals surface area (Å²) < 4.78 is 0. The summed E-state index contributed by atoms with van der Waals surface area (Å²) in [6.45, 7) is 0. The molecule has 4 nitrogen and oxygen atoms in total. The van der Waals surface area contributed by atoms with Crippen LogP contribution in [-0.4, -0.2) is 24.3 Å². The van der Waals surface area contributed by atoms with Gasteiger partial charge in [0.25, 0.3) is 0 Å². The third-order valence-corrected chi connectivity index (χ3v) is 1.66. The number of fused-ring (bicyclic) bond motifs is 1. The van der Waals surface area contributed by atoms with Gasteiger partial charge in [0, 0.05) is 6.20 Å². The molecule has 0 aromatic rings. The van der Waals surface area contributed by atoms with E-state index < -0.39 is 0 Å². The van der Waals surface area contributed by atoms with Crippen LogP contribution in [-0.2, 0) is 0 Å².